The lowest BCUT2D eigenvalue weighted by Gasteiger charge is -2.15. The molecule has 0 radical (unpaired) electrons. The van der Waals surface area contributed by atoms with Crippen LogP contribution in [0.2, 0.25) is 10.0 Å². The van der Waals surface area contributed by atoms with Crippen LogP contribution >= 0.6 is 23.2 Å². The van der Waals surface area contributed by atoms with E-state index in [1.54, 1.807) is 12.1 Å². The monoisotopic (exact) mass is 229 g/mol. The summed E-state index contributed by atoms with van der Waals surface area (Å²) in [6.07, 6.45) is 0. The van der Waals surface area contributed by atoms with Crippen LogP contribution in [0.4, 0.5) is 5.69 Å². The zero-order chi connectivity index (χ0) is 10.5. The molecular formula is C10H9Cl2NO. The van der Waals surface area contributed by atoms with E-state index < -0.39 is 5.41 Å². The largest absolute Gasteiger partial charge is 0.325 e. The van der Waals surface area contributed by atoms with E-state index >= 15 is 0 Å². The highest BCUT2D eigenvalue weighted by Crippen LogP contribution is 2.41. The summed E-state index contributed by atoms with van der Waals surface area (Å²) in [7, 11) is 0. The van der Waals surface area contributed by atoms with Gasteiger partial charge < -0.3 is 5.32 Å². The van der Waals surface area contributed by atoms with Crippen LogP contribution in [0.25, 0.3) is 0 Å². The molecule has 0 bridgehead atoms. The molecule has 4 heteroatoms. The highest BCUT2D eigenvalue weighted by molar-refractivity contribution is 6.42. The van der Waals surface area contributed by atoms with Crippen LogP contribution < -0.4 is 5.32 Å². The average Bonchev–Trinajstić information content (AvgIpc) is 2.28. The van der Waals surface area contributed by atoms with Crippen LogP contribution in [0, 0.1) is 0 Å². The Morgan fingerprint density at radius 2 is 1.79 bits per heavy atom. The van der Waals surface area contributed by atoms with Crippen LogP contribution in [0.15, 0.2) is 12.1 Å². The third-order valence-electron chi connectivity index (χ3n) is 2.55. The maximum absolute atomic E-state index is 11.6. The molecule has 1 amide bonds. The van der Waals surface area contributed by atoms with Gasteiger partial charge in [-0.15, -0.1) is 0 Å². The molecule has 1 aromatic carbocycles. The van der Waals surface area contributed by atoms with Gasteiger partial charge in [0.1, 0.15) is 0 Å². The van der Waals surface area contributed by atoms with E-state index in [4.69, 9.17) is 23.2 Å². The summed E-state index contributed by atoms with van der Waals surface area (Å²) in [5.41, 5.74) is 1.13. The smallest absolute Gasteiger partial charge is 0.234 e. The van der Waals surface area contributed by atoms with Gasteiger partial charge >= 0.3 is 0 Å². The van der Waals surface area contributed by atoms with Gasteiger partial charge in [0.05, 0.1) is 15.5 Å². The Bertz CT molecular complexity index is 426. The fourth-order valence-corrected chi connectivity index (χ4v) is 1.90. The van der Waals surface area contributed by atoms with Crippen molar-refractivity contribution in [3.05, 3.63) is 27.7 Å². The zero-order valence-electron chi connectivity index (χ0n) is 7.82. The lowest BCUT2D eigenvalue weighted by Crippen LogP contribution is -2.26. The number of hydrogen-bond acceptors (Lipinski definition) is 1. The second-order valence-electron chi connectivity index (χ2n) is 3.89. The number of nitrogens with one attached hydrogen (secondary N) is 1. The van der Waals surface area contributed by atoms with Crippen molar-refractivity contribution in [2.75, 3.05) is 5.32 Å². The van der Waals surface area contributed by atoms with Gasteiger partial charge in [-0.25, -0.2) is 0 Å². The molecule has 14 heavy (non-hydrogen) atoms. The molecule has 0 unspecified atom stereocenters. The molecule has 1 heterocycles. The molecule has 0 fully saturated rings. The fourth-order valence-electron chi connectivity index (χ4n) is 1.57. The van der Waals surface area contributed by atoms with Gasteiger partial charge in [-0.3, -0.25) is 4.79 Å². The molecule has 1 aliphatic rings. The lowest BCUT2D eigenvalue weighted by molar-refractivity contribution is -0.119. The highest BCUT2D eigenvalue weighted by Gasteiger charge is 2.38. The molecule has 0 aliphatic carbocycles. The number of benzene rings is 1. The first-order valence-electron chi connectivity index (χ1n) is 4.24. The summed E-state index contributed by atoms with van der Waals surface area (Å²) < 4.78 is 0. The predicted octanol–water partition coefficient (Wildman–Crippen LogP) is 3.22. The number of carbonyl (C=O) groups is 1. The van der Waals surface area contributed by atoms with E-state index in [-0.39, 0.29) is 5.91 Å². The second-order valence-corrected chi connectivity index (χ2v) is 4.71. The maximum atomic E-state index is 11.6. The third-order valence-corrected chi connectivity index (χ3v) is 3.27. The molecule has 74 valence electrons. The van der Waals surface area contributed by atoms with Crippen molar-refractivity contribution in [1.82, 2.24) is 0 Å². The van der Waals surface area contributed by atoms with Crippen molar-refractivity contribution in [1.29, 1.82) is 0 Å². The summed E-state index contributed by atoms with van der Waals surface area (Å²) in [4.78, 5) is 11.6. The minimum absolute atomic E-state index is 0.0224. The Balaban J connectivity index is 2.67. The third kappa shape index (κ3) is 1.22. The molecule has 2 rings (SSSR count). The number of halogens is 2. The Labute approximate surface area is 92.2 Å². The average molecular weight is 230 g/mol. The van der Waals surface area contributed by atoms with E-state index in [1.165, 1.54) is 0 Å². The first kappa shape index (κ1) is 9.81. The van der Waals surface area contributed by atoms with Crippen molar-refractivity contribution in [3.8, 4) is 0 Å². The molecule has 0 saturated carbocycles. The van der Waals surface area contributed by atoms with Gasteiger partial charge in [0.15, 0.2) is 0 Å². The summed E-state index contributed by atoms with van der Waals surface area (Å²) >= 11 is 11.7. The highest BCUT2D eigenvalue weighted by atomic mass is 35.5. The summed E-state index contributed by atoms with van der Waals surface area (Å²) in [5, 5.41) is 3.72. The maximum Gasteiger partial charge on any atom is 0.234 e. The summed E-state index contributed by atoms with van der Waals surface area (Å²) in [5.74, 6) is -0.0224. The molecule has 0 saturated heterocycles. The first-order chi connectivity index (χ1) is 6.43. The Hall–Kier alpha value is -0.730. The number of rotatable bonds is 0. The normalized spacial score (nSPS) is 17.9. The van der Waals surface area contributed by atoms with Gasteiger partial charge in [-0.05, 0) is 31.5 Å². The molecule has 2 nitrogen and oxygen atoms in total. The Morgan fingerprint density at radius 3 is 2.43 bits per heavy atom. The van der Waals surface area contributed by atoms with Crippen molar-refractivity contribution >= 4 is 34.8 Å². The zero-order valence-corrected chi connectivity index (χ0v) is 9.33. The van der Waals surface area contributed by atoms with Crippen LogP contribution in [0.3, 0.4) is 0 Å². The summed E-state index contributed by atoms with van der Waals surface area (Å²) in [6, 6.07) is 3.43. The Morgan fingerprint density at radius 1 is 1.21 bits per heavy atom. The molecule has 0 spiro atoms. The van der Waals surface area contributed by atoms with Crippen LogP contribution in [-0.4, -0.2) is 5.91 Å². The van der Waals surface area contributed by atoms with Crippen molar-refractivity contribution in [3.63, 3.8) is 0 Å². The SMILES string of the molecule is CC1(C)C(=O)Nc2cc(Cl)c(Cl)cc21. The van der Waals surface area contributed by atoms with Crippen molar-refractivity contribution in [2.45, 2.75) is 19.3 Å². The number of carbonyl (C=O) groups excluding carboxylic acids is 1. The number of amides is 1. The van der Waals surface area contributed by atoms with Crippen molar-refractivity contribution < 1.29 is 4.79 Å². The topological polar surface area (TPSA) is 29.1 Å². The van der Waals surface area contributed by atoms with Crippen LogP contribution in [0.5, 0.6) is 0 Å². The van der Waals surface area contributed by atoms with E-state index in [0.29, 0.717) is 10.0 Å². The summed E-state index contributed by atoms with van der Waals surface area (Å²) in [6.45, 7) is 3.72. The molecular weight excluding hydrogens is 221 g/mol. The number of anilines is 1. The Kier molecular flexibility index (Phi) is 2.02. The van der Waals surface area contributed by atoms with Gasteiger partial charge in [0.25, 0.3) is 0 Å². The van der Waals surface area contributed by atoms with Gasteiger partial charge in [0.2, 0.25) is 5.91 Å². The van der Waals surface area contributed by atoms with E-state index in [2.05, 4.69) is 5.32 Å². The molecule has 1 N–H and O–H groups in total. The van der Waals surface area contributed by atoms with Gasteiger partial charge in [-0.1, -0.05) is 23.2 Å². The molecule has 0 atom stereocenters. The molecule has 1 aliphatic heterocycles. The minimum Gasteiger partial charge on any atom is -0.325 e. The van der Waals surface area contributed by atoms with Gasteiger partial charge in [-0.2, -0.15) is 0 Å². The predicted molar refractivity (Wildman–Crippen MR) is 58.1 cm³/mol. The van der Waals surface area contributed by atoms with E-state index in [1.807, 2.05) is 13.8 Å². The van der Waals surface area contributed by atoms with Crippen LogP contribution in [-0.2, 0) is 10.2 Å². The van der Waals surface area contributed by atoms with E-state index in [0.717, 1.165) is 11.3 Å². The molecule has 0 aromatic heterocycles. The van der Waals surface area contributed by atoms with Crippen molar-refractivity contribution in [2.24, 2.45) is 0 Å². The quantitative estimate of drug-likeness (QED) is 0.728. The number of hydrogen-bond donors (Lipinski definition) is 1. The lowest BCUT2D eigenvalue weighted by atomic mass is 9.86. The van der Waals surface area contributed by atoms with E-state index in [9.17, 15) is 4.79 Å². The second kappa shape index (κ2) is 2.88. The fraction of sp³-hybridized carbons (Fsp3) is 0.300. The van der Waals surface area contributed by atoms with Crippen LogP contribution in [0.1, 0.15) is 19.4 Å². The van der Waals surface area contributed by atoms with Gasteiger partial charge in [0, 0.05) is 5.69 Å². The number of fused-ring (bicyclic) bond motifs is 1. The molecule has 1 aromatic rings. The standard InChI is InChI=1S/C10H9Cl2NO/c1-10(2)5-3-6(11)7(12)4-8(5)13-9(10)14/h3-4H,1-2H3,(H,13,14). The minimum atomic E-state index is -0.524. The first-order valence-corrected chi connectivity index (χ1v) is 4.99.